The highest BCUT2D eigenvalue weighted by atomic mass is 16.5. The van der Waals surface area contributed by atoms with Crippen LogP contribution in [0.15, 0.2) is 71.5 Å². The zero-order valence-corrected chi connectivity index (χ0v) is 19.2. The lowest BCUT2D eigenvalue weighted by molar-refractivity contribution is 0.251. The quantitative estimate of drug-likeness (QED) is 0.450. The summed E-state index contributed by atoms with van der Waals surface area (Å²) >= 11 is 0. The lowest BCUT2D eigenvalue weighted by atomic mass is 9.96. The molecule has 2 amide bonds. The van der Waals surface area contributed by atoms with E-state index in [-0.39, 0.29) is 11.6 Å². The van der Waals surface area contributed by atoms with Crippen molar-refractivity contribution >= 4 is 22.6 Å². The Morgan fingerprint density at radius 2 is 1.58 bits per heavy atom. The summed E-state index contributed by atoms with van der Waals surface area (Å²) in [5, 5.41) is 7.24. The maximum Gasteiger partial charge on any atom is 0.320 e. The summed E-state index contributed by atoms with van der Waals surface area (Å²) in [7, 11) is 3.30. The number of urea groups is 1. The van der Waals surface area contributed by atoms with Crippen LogP contribution in [0.2, 0.25) is 0 Å². The van der Waals surface area contributed by atoms with Gasteiger partial charge < -0.3 is 10.1 Å². The molecule has 1 aromatic heterocycles. The van der Waals surface area contributed by atoms with Crippen LogP contribution in [-0.2, 0) is 13.6 Å². The summed E-state index contributed by atoms with van der Waals surface area (Å²) in [5.74, 6) is 1.21. The van der Waals surface area contributed by atoms with Gasteiger partial charge in [0.05, 0.1) is 7.11 Å². The number of hydrogen-bond acceptors (Lipinski definition) is 3. The van der Waals surface area contributed by atoms with E-state index in [1.165, 1.54) is 4.57 Å². The van der Waals surface area contributed by atoms with E-state index < -0.39 is 0 Å². The number of hydrogen-bond donors (Lipinski definition) is 2. The molecular weight excluding hydrogens is 414 g/mol. The van der Waals surface area contributed by atoms with Crippen molar-refractivity contribution in [2.45, 2.75) is 20.4 Å². The molecule has 0 spiro atoms. The first kappa shape index (κ1) is 22.1. The van der Waals surface area contributed by atoms with Crippen molar-refractivity contribution in [3.63, 3.8) is 0 Å². The number of ether oxygens (including phenoxy) is 1. The van der Waals surface area contributed by atoms with Gasteiger partial charge in [-0.1, -0.05) is 48.5 Å². The zero-order chi connectivity index (χ0) is 23.5. The topological polar surface area (TPSA) is 72.4 Å². The fourth-order valence-corrected chi connectivity index (χ4v) is 3.90. The highest BCUT2D eigenvalue weighted by Crippen LogP contribution is 2.34. The third-order valence-corrected chi connectivity index (χ3v) is 5.92. The van der Waals surface area contributed by atoms with Crippen molar-refractivity contribution in [1.29, 1.82) is 0 Å². The van der Waals surface area contributed by atoms with Crippen LogP contribution in [0.4, 0.5) is 10.6 Å². The number of aromatic nitrogens is 1. The predicted octanol–water partition coefficient (Wildman–Crippen LogP) is 5.15. The largest absolute Gasteiger partial charge is 0.497 e. The summed E-state index contributed by atoms with van der Waals surface area (Å²) in [5.41, 5.74) is 4.66. The van der Waals surface area contributed by atoms with E-state index in [4.69, 9.17) is 4.74 Å². The summed E-state index contributed by atoms with van der Waals surface area (Å²) in [6.07, 6.45) is 0. The van der Waals surface area contributed by atoms with Crippen LogP contribution in [0.25, 0.3) is 21.9 Å². The summed E-state index contributed by atoms with van der Waals surface area (Å²) in [6.45, 7) is 4.36. The summed E-state index contributed by atoms with van der Waals surface area (Å²) < 4.78 is 6.68. The first-order valence-corrected chi connectivity index (χ1v) is 10.8. The number of fused-ring (bicyclic) bond motifs is 1. The van der Waals surface area contributed by atoms with E-state index in [2.05, 4.69) is 10.6 Å². The number of nitrogens with one attached hydrogen (secondary N) is 2. The molecule has 3 aromatic carbocycles. The van der Waals surface area contributed by atoms with E-state index in [9.17, 15) is 9.59 Å². The Kier molecular flexibility index (Phi) is 6.18. The van der Waals surface area contributed by atoms with Gasteiger partial charge >= 0.3 is 6.03 Å². The highest BCUT2D eigenvalue weighted by Gasteiger charge is 2.19. The third-order valence-electron chi connectivity index (χ3n) is 5.92. The molecule has 0 bridgehead atoms. The van der Waals surface area contributed by atoms with Crippen LogP contribution in [-0.4, -0.2) is 17.7 Å². The SMILES string of the molecule is COc1ccc(CNC(=O)Nc2c(-c3ccccc3)c3cc(C)c(C)cc3c(=O)n2C)cc1. The highest BCUT2D eigenvalue weighted by molar-refractivity contribution is 6.05. The second-order valence-electron chi connectivity index (χ2n) is 8.09. The fourth-order valence-electron chi connectivity index (χ4n) is 3.90. The summed E-state index contributed by atoms with van der Waals surface area (Å²) in [6, 6.07) is 20.8. The molecule has 0 saturated carbocycles. The molecule has 0 fully saturated rings. The molecule has 0 saturated heterocycles. The molecule has 6 heteroatoms. The van der Waals surface area contributed by atoms with Crippen molar-refractivity contribution in [3.8, 4) is 16.9 Å². The maximum atomic E-state index is 13.2. The molecule has 4 aromatic rings. The number of carbonyl (C=O) groups excluding carboxylic acids is 1. The predicted molar refractivity (Wildman–Crippen MR) is 133 cm³/mol. The number of carbonyl (C=O) groups is 1. The van der Waals surface area contributed by atoms with Crippen LogP contribution in [0.3, 0.4) is 0 Å². The lowest BCUT2D eigenvalue weighted by Gasteiger charge is -2.19. The van der Waals surface area contributed by atoms with Gasteiger partial charge in [-0.3, -0.25) is 14.7 Å². The van der Waals surface area contributed by atoms with Gasteiger partial charge in [-0.15, -0.1) is 0 Å². The van der Waals surface area contributed by atoms with E-state index in [1.807, 2.05) is 80.6 Å². The number of amides is 2. The van der Waals surface area contributed by atoms with E-state index in [1.54, 1.807) is 14.2 Å². The van der Waals surface area contributed by atoms with E-state index in [0.29, 0.717) is 17.7 Å². The van der Waals surface area contributed by atoms with Crippen LogP contribution < -0.4 is 20.9 Å². The van der Waals surface area contributed by atoms with Crippen molar-refractivity contribution in [2.75, 3.05) is 12.4 Å². The normalized spacial score (nSPS) is 10.8. The van der Waals surface area contributed by atoms with Gasteiger partial charge in [0.15, 0.2) is 0 Å². The Bertz CT molecular complexity index is 1370. The smallest absolute Gasteiger partial charge is 0.320 e. The molecule has 0 aliphatic heterocycles. The number of methoxy groups -OCH3 is 1. The van der Waals surface area contributed by atoms with E-state index >= 15 is 0 Å². The number of benzene rings is 3. The van der Waals surface area contributed by atoms with Crippen LogP contribution in [0, 0.1) is 13.8 Å². The molecular formula is C27H27N3O3. The van der Waals surface area contributed by atoms with Crippen molar-refractivity contribution in [2.24, 2.45) is 7.05 Å². The molecule has 0 aliphatic carbocycles. The molecule has 6 nitrogen and oxygen atoms in total. The minimum Gasteiger partial charge on any atom is -0.497 e. The second kappa shape index (κ2) is 9.20. The number of nitrogens with zero attached hydrogens (tertiary/aromatic N) is 1. The Morgan fingerprint density at radius 1 is 0.939 bits per heavy atom. The average Bonchev–Trinajstić information content (AvgIpc) is 2.83. The minimum atomic E-state index is -0.388. The van der Waals surface area contributed by atoms with Crippen molar-refractivity contribution in [1.82, 2.24) is 9.88 Å². The van der Waals surface area contributed by atoms with Crippen molar-refractivity contribution < 1.29 is 9.53 Å². The Balaban J connectivity index is 1.74. The number of anilines is 1. The standard InChI is InChI=1S/C27H27N3O3/c1-17-14-22-23(15-18(17)2)26(31)30(3)25(24(22)20-8-6-5-7-9-20)29-27(32)28-16-19-10-12-21(33-4)13-11-19/h5-15H,16H2,1-4H3,(H2,28,29,32). The number of aryl methyl sites for hydroxylation is 2. The molecule has 0 unspecified atom stereocenters. The molecule has 33 heavy (non-hydrogen) atoms. The van der Waals surface area contributed by atoms with Gasteiger partial charge in [-0.05, 0) is 59.7 Å². The molecule has 2 N–H and O–H groups in total. The van der Waals surface area contributed by atoms with Crippen molar-refractivity contribution in [3.05, 3.63) is 93.8 Å². The second-order valence-corrected chi connectivity index (χ2v) is 8.09. The van der Waals surface area contributed by atoms with Crippen LogP contribution in [0.5, 0.6) is 5.75 Å². The molecule has 0 atom stereocenters. The van der Waals surface area contributed by atoms with E-state index in [0.717, 1.165) is 39.0 Å². The fraction of sp³-hybridized carbons (Fsp3) is 0.185. The van der Waals surface area contributed by atoms with Crippen LogP contribution in [0.1, 0.15) is 16.7 Å². The Hall–Kier alpha value is -4.06. The number of pyridine rings is 1. The molecule has 4 rings (SSSR count). The minimum absolute atomic E-state index is 0.154. The Labute approximate surface area is 192 Å². The number of rotatable bonds is 5. The van der Waals surface area contributed by atoms with Gasteiger partial charge in [0.2, 0.25) is 0 Å². The monoisotopic (exact) mass is 441 g/mol. The van der Waals surface area contributed by atoms with Crippen LogP contribution >= 0.6 is 0 Å². The average molecular weight is 442 g/mol. The van der Waals surface area contributed by atoms with Gasteiger partial charge in [0.25, 0.3) is 5.56 Å². The maximum absolute atomic E-state index is 13.2. The molecule has 0 aliphatic rings. The van der Waals surface area contributed by atoms with Gasteiger partial charge in [0.1, 0.15) is 11.6 Å². The van der Waals surface area contributed by atoms with Gasteiger partial charge in [0, 0.05) is 24.5 Å². The molecule has 168 valence electrons. The Morgan fingerprint density at radius 3 is 2.21 bits per heavy atom. The van der Waals surface area contributed by atoms with Gasteiger partial charge in [-0.2, -0.15) is 0 Å². The lowest BCUT2D eigenvalue weighted by Crippen LogP contribution is -2.32. The molecule has 1 heterocycles. The first-order valence-electron chi connectivity index (χ1n) is 10.8. The zero-order valence-electron chi connectivity index (χ0n) is 19.2. The third kappa shape index (κ3) is 4.46. The summed E-state index contributed by atoms with van der Waals surface area (Å²) in [4.78, 5) is 26.0. The van der Waals surface area contributed by atoms with Gasteiger partial charge in [-0.25, -0.2) is 4.79 Å². The first-order chi connectivity index (χ1) is 15.9. The molecule has 0 radical (unpaired) electrons.